The Balaban J connectivity index is 1.83. The average molecular weight is 505 g/mol. The molecule has 0 spiro atoms. The zero-order valence-electron chi connectivity index (χ0n) is 21.6. The molecule has 0 atom stereocenters. The maximum atomic E-state index is 12.2. The van der Waals surface area contributed by atoms with E-state index in [1.54, 1.807) is 20.8 Å². The van der Waals surface area contributed by atoms with Gasteiger partial charge in [-0.1, -0.05) is 0 Å². The van der Waals surface area contributed by atoms with Crippen LogP contribution in [0.1, 0.15) is 52.9 Å². The summed E-state index contributed by atoms with van der Waals surface area (Å²) in [5, 5.41) is 11.4. The van der Waals surface area contributed by atoms with Gasteiger partial charge in [0, 0.05) is 26.1 Å². The van der Waals surface area contributed by atoms with Gasteiger partial charge in [-0.3, -0.25) is 9.59 Å². The van der Waals surface area contributed by atoms with E-state index in [-0.39, 0.29) is 12.3 Å². The fourth-order valence-corrected chi connectivity index (χ4v) is 3.42. The van der Waals surface area contributed by atoms with Gasteiger partial charge in [0.25, 0.3) is 0 Å². The molecule has 35 heavy (non-hydrogen) atoms. The first-order chi connectivity index (χ1) is 16.7. The predicted molar refractivity (Wildman–Crippen MR) is 128 cm³/mol. The number of carbonyl (C=O) groups excluding carboxylic acids is 2. The molecule has 11 nitrogen and oxygen atoms in total. The molecule has 2 amide bonds. The van der Waals surface area contributed by atoms with E-state index in [1.807, 2.05) is 4.90 Å². The van der Waals surface area contributed by atoms with Crippen molar-refractivity contribution in [2.75, 3.05) is 72.5 Å². The minimum absolute atomic E-state index is 0.0823. The molecule has 0 bridgehead atoms. The van der Waals surface area contributed by atoms with Crippen LogP contribution in [0.5, 0.6) is 0 Å². The number of nitrogens with zero attached hydrogens (tertiary/aromatic N) is 1. The van der Waals surface area contributed by atoms with Gasteiger partial charge in [0.2, 0.25) is 5.91 Å². The molecule has 1 rings (SSSR count). The van der Waals surface area contributed by atoms with Crippen LogP contribution in [-0.4, -0.2) is 106 Å². The zero-order valence-corrected chi connectivity index (χ0v) is 21.6. The van der Waals surface area contributed by atoms with Crippen LogP contribution in [0.3, 0.4) is 0 Å². The quantitative estimate of drug-likeness (QED) is 0.269. The molecule has 1 fully saturated rings. The highest BCUT2D eigenvalue weighted by Gasteiger charge is 2.22. The molecule has 0 aromatic rings. The molecular formula is C24H44N2O9. The molecule has 0 aromatic carbocycles. The highest BCUT2D eigenvalue weighted by Crippen LogP contribution is 2.22. The Morgan fingerprint density at radius 1 is 0.829 bits per heavy atom. The summed E-state index contributed by atoms with van der Waals surface area (Å²) in [6.45, 7) is 10.5. The Kier molecular flexibility index (Phi) is 16.3. The normalized spacial score (nSPS) is 14.7. The highest BCUT2D eigenvalue weighted by atomic mass is 16.6. The largest absolute Gasteiger partial charge is 0.481 e. The van der Waals surface area contributed by atoms with Crippen molar-refractivity contribution in [3.8, 4) is 0 Å². The lowest BCUT2D eigenvalue weighted by Gasteiger charge is -2.32. The fourth-order valence-electron chi connectivity index (χ4n) is 3.42. The topological polar surface area (TPSA) is 133 Å². The van der Waals surface area contributed by atoms with Crippen LogP contribution in [0.2, 0.25) is 0 Å². The van der Waals surface area contributed by atoms with E-state index < -0.39 is 17.7 Å². The third-order valence-electron chi connectivity index (χ3n) is 5.22. The monoisotopic (exact) mass is 504 g/mol. The second kappa shape index (κ2) is 18.3. The molecule has 1 heterocycles. The summed E-state index contributed by atoms with van der Waals surface area (Å²) < 4.78 is 26.8. The summed E-state index contributed by atoms with van der Waals surface area (Å²) in [7, 11) is 0. The van der Waals surface area contributed by atoms with Crippen LogP contribution in [0.4, 0.5) is 4.79 Å². The molecule has 1 aliphatic heterocycles. The zero-order chi connectivity index (χ0) is 25.9. The number of alkyl carbamates (subject to hydrolysis) is 1. The summed E-state index contributed by atoms with van der Waals surface area (Å²) in [6.07, 6.45) is 2.51. The van der Waals surface area contributed by atoms with Gasteiger partial charge in [-0.05, 0) is 46.0 Å². The first kappa shape index (κ1) is 31.1. The van der Waals surface area contributed by atoms with Crippen molar-refractivity contribution in [2.45, 2.75) is 58.5 Å². The lowest BCUT2D eigenvalue weighted by atomic mass is 9.92. The first-order valence-electron chi connectivity index (χ1n) is 12.4. The SMILES string of the molecule is CC(C)(C)OC(=O)NCCOCCOCCOCCOCCC(=O)N1CCC(CCC(=O)O)CC1. The summed E-state index contributed by atoms with van der Waals surface area (Å²) in [6, 6.07) is 0. The summed E-state index contributed by atoms with van der Waals surface area (Å²) in [5.74, 6) is -0.281. The Bertz CT molecular complexity index is 602. The summed E-state index contributed by atoms with van der Waals surface area (Å²) in [4.78, 5) is 36.2. The number of ether oxygens (including phenoxy) is 5. The highest BCUT2D eigenvalue weighted by molar-refractivity contribution is 5.76. The van der Waals surface area contributed by atoms with E-state index in [0.29, 0.717) is 91.2 Å². The van der Waals surface area contributed by atoms with E-state index in [9.17, 15) is 14.4 Å². The summed E-state index contributed by atoms with van der Waals surface area (Å²) >= 11 is 0. The van der Waals surface area contributed by atoms with Gasteiger partial charge < -0.3 is 39.0 Å². The van der Waals surface area contributed by atoms with E-state index in [2.05, 4.69) is 5.32 Å². The maximum absolute atomic E-state index is 12.2. The van der Waals surface area contributed by atoms with Crippen molar-refractivity contribution >= 4 is 18.0 Å². The summed E-state index contributed by atoms with van der Waals surface area (Å²) in [5.41, 5.74) is -0.517. The van der Waals surface area contributed by atoms with Crippen LogP contribution < -0.4 is 5.32 Å². The number of nitrogens with one attached hydrogen (secondary N) is 1. The van der Waals surface area contributed by atoms with E-state index in [0.717, 1.165) is 12.8 Å². The molecule has 11 heteroatoms. The third kappa shape index (κ3) is 18.0. The second-order valence-corrected chi connectivity index (χ2v) is 9.38. The van der Waals surface area contributed by atoms with Gasteiger partial charge in [0.1, 0.15) is 5.60 Å². The number of amides is 2. The first-order valence-corrected chi connectivity index (χ1v) is 12.4. The Morgan fingerprint density at radius 2 is 1.34 bits per heavy atom. The Morgan fingerprint density at radius 3 is 1.86 bits per heavy atom. The standard InChI is InChI=1S/C24H44N2O9/c1-24(2,3)35-23(30)25-9-13-32-15-17-34-19-18-33-16-14-31-12-8-21(27)26-10-6-20(7-11-26)4-5-22(28)29/h20H,4-19H2,1-3H3,(H,25,30)(H,28,29). The van der Waals surface area contributed by atoms with Gasteiger partial charge in [-0.15, -0.1) is 0 Å². The van der Waals surface area contributed by atoms with Gasteiger partial charge in [-0.25, -0.2) is 4.79 Å². The minimum atomic E-state index is -0.759. The van der Waals surface area contributed by atoms with Crippen molar-refractivity contribution in [2.24, 2.45) is 5.92 Å². The second-order valence-electron chi connectivity index (χ2n) is 9.38. The number of hydrogen-bond donors (Lipinski definition) is 2. The van der Waals surface area contributed by atoms with Crippen LogP contribution >= 0.6 is 0 Å². The van der Waals surface area contributed by atoms with Gasteiger partial charge in [0.05, 0.1) is 59.3 Å². The number of rotatable bonds is 18. The van der Waals surface area contributed by atoms with Gasteiger partial charge >= 0.3 is 12.1 Å². The third-order valence-corrected chi connectivity index (χ3v) is 5.22. The predicted octanol–water partition coefficient (Wildman–Crippen LogP) is 2.07. The maximum Gasteiger partial charge on any atom is 0.407 e. The number of hydrogen-bond acceptors (Lipinski definition) is 8. The van der Waals surface area contributed by atoms with E-state index in [1.165, 1.54) is 0 Å². The Labute approximate surface area is 208 Å². The Hall–Kier alpha value is -1.95. The number of piperidine rings is 1. The van der Waals surface area contributed by atoms with E-state index in [4.69, 9.17) is 28.8 Å². The molecule has 204 valence electrons. The lowest BCUT2D eigenvalue weighted by molar-refractivity contribution is -0.138. The fraction of sp³-hybridized carbons (Fsp3) is 0.875. The van der Waals surface area contributed by atoms with Gasteiger partial charge in [-0.2, -0.15) is 0 Å². The van der Waals surface area contributed by atoms with Crippen molar-refractivity contribution in [3.63, 3.8) is 0 Å². The van der Waals surface area contributed by atoms with Crippen molar-refractivity contribution < 1.29 is 43.2 Å². The number of carboxylic acid groups (broad SMARTS) is 1. The molecule has 0 aliphatic carbocycles. The molecule has 0 radical (unpaired) electrons. The molecule has 0 unspecified atom stereocenters. The molecule has 1 saturated heterocycles. The van der Waals surface area contributed by atoms with Crippen molar-refractivity contribution in [3.05, 3.63) is 0 Å². The van der Waals surface area contributed by atoms with Crippen LogP contribution in [0, 0.1) is 5.92 Å². The van der Waals surface area contributed by atoms with Crippen LogP contribution in [0.15, 0.2) is 0 Å². The smallest absolute Gasteiger partial charge is 0.407 e. The number of aliphatic carboxylic acids is 1. The van der Waals surface area contributed by atoms with Crippen LogP contribution in [-0.2, 0) is 33.3 Å². The number of carboxylic acids is 1. The number of carbonyl (C=O) groups is 3. The van der Waals surface area contributed by atoms with Crippen LogP contribution in [0.25, 0.3) is 0 Å². The molecule has 0 aromatic heterocycles. The molecular weight excluding hydrogens is 460 g/mol. The van der Waals surface area contributed by atoms with E-state index >= 15 is 0 Å². The van der Waals surface area contributed by atoms with Crippen molar-refractivity contribution in [1.29, 1.82) is 0 Å². The van der Waals surface area contributed by atoms with Gasteiger partial charge in [0.15, 0.2) is 0 Å². The molecule has 0 saturated carbocycles. The minimum Gasteiger partial charge on any atom is -0.481 e. The molecule has 1 aliphatic rings. The lowest BCUT2D eigenvalue weighted by Crippen LogP contribution is -2.39. The van der Waals surface area contributed by atoms with Crippen molar-refractivity contribution in [1.82, 2.24) is 10.2 Å². The molecule has 2 N–H and O–H groups in total. The number of likely N-dealkylation sites (tertiary alicyclic amines) is 1. The average Bonchev–Trinajstić information content (AvgIpc) is 2.79.